The summed E-state index contributed by atoms with van der Waals surface area (Å²) in [6, 6.07) is 6.35. The van der Waals surface area contributed by atoms with E-state index in [1.807, 2.05) is 0 Å². The summed E-state index contributed by atoms with van der Waals surface area (Å²) < 4.78 is 0. The van der Waals surface area contributed by atoms with Crippen LogP contribution < -0.4 is 10.2 Å². The number of hydrogen-bond acceptors (Lipinski definition) is 3. The maximum absolute atomic E-state index is 6.36. The average Bonchev–Trinajstić information content (AvgIpc) is 2.40. The van der Waals surface area contributed by atoms with Crippen LogP contribution in [0.2, 0.25) is 5.02 Å². The fraction of sp³-hybridized carbons (Fsp3) is 0.625. The van der Waals surface area contributed by atoms with Crippen molar-refractivity contribution in [1.29, 1.82) is 0 Å². The van der Waals surface area contributed by atoms with Crippen molar-refractivity contribution >= 4 is 17.3 Å². The highest BCUT2D eigenvalue weighted by atomic mass is 35.5. The number of rotatable bonds is 9. The lowest BCUT2D eigenvalue weighted by Gasteiger charge is -2.21. The lowest BCUT2D eigenvalue weighted by molar-refractivity contribution is 0.401. The van der Waals surface area contributed by atoms with Gasteiger partial charge in [0.05, 0.1) is 0 Å². The van der Waals surface area contributed by atoms with Gasteiger partial charge in [0.1, 0.15) is 0 Å². The lowest BCUT2D eigenvalue weighted by atomic mass is 10.2. The maximum Gasteiger partial charge on any atom is 0.0471 e. The molecule has 0 saturated heterocycles. The molecule has 1 N–H and O–H groups in total. The van der Waals surface area contributed by atoms with Crippen LogP contribution in [0.1, 0.15) is 25.3 Å². The Morgan fingerprint density at radius 3 is 2.50 bits per heavy atom. The van der Waals surface area contributed by atoms with Crippen LogP contribution in [0.4, 0.5) is 5.69 Å². The molecule has 114 valence electrons. The van der Waals surface area contributed by atoms with Gasteiger partial charge in [0.25, 0.3) is 0 Å². The van der Waals surface area contributed by atoms with Crippen molar-refractivity contribution in [2.45, 2.75) is 26.3 Å². The largest absolute Gasteiger partial charge is 0.375 e. The first-order valence-electron chi connectivity index (χ1n) is 7.39. The first-order valence-corrected chi connectivity index (χ1v) is 7.77. The Morgan fingerprint density at radius 1 is 1.15 bits per heavy atom. The van der Waals surface area contributed by atoms with Crippen molar-refractivity contribution in [3.8, 4) is 0 Å². The summed E-state index contributed by atoms with van der Waals surface area (Å²) in [5.74, 6) is 0. The summed E-state index contributed by atoms with van der Waals surface area (Å²) in [5.41, 5.74) is 2.36. The van der Waals surface area contributed by atoms with Crippen LogP contribution in [-0.2, 0) is 6.54 Å². The summed E-state index contributed by atoms with van der Waals surface area (Å²) in [5, 5.41) is 4.24. The van der Waals surface area contributed by atoms with E-state index in [1.54, 1.807) is 0 Å². The van der Waals surface area contributed by atoms with Gasteiger partial charge in [-0.25, -0.2) is 0 Å². The maximum atomic E-state index is 6.36. The fourth-order valence-electron chi connectivity index (χ4n) is 2.07. The van der Waals surface area contributed by atoms with E-state index in [0.717, 1.165) is 44.0 Å². The second kappa shape index (κ2) is 9.22. The molecule has 0 aliphatic rings. The van der Waals surface area contributed by atoms with Gasteiger partial charge in [-0.1, -0.05) is 24.6 Å². The topological polar surface area (TPSA) is 18.5 Å². The number of anilines is 1. The van der Waals surface area contributed by atoms with E-state index in [4.69, 9.17) is 11.6 Å². The Labute approximate surface area is 128 Å². The fourth-order valence-corrected chi connectivity index (χ4v) is 2.31. The molecule has 1 rings (SSSR count). The number of halogens is 1. The Bertz CT molecular complexity index is 393. The van der Waals surface area contributed by atoms with Gasteiger partial charge in [0.15, 0.2) is 0 Å². The van der Waals surface area contributed by atoms with Crippen LogP contribution in [0.3, 0.4) is 0 Å². The van der Waals surface area contributed by atoms with Crippen LogP contribution in [-0.4, -0.2) is 45.7 Å². The Balaban J connectivity index is 2.52. The Hall–Kier alpha value is -0.770. The van der Waals surface area contributed by atoms with E-state index in [-0.39, 0.29) is 0 Å². The van der Waals surface area contributed by atoms with E-state index in [1.165, 1.54) is 11.3 Å². The van der Waals surface area contributed by atoms with Gasteiger partial charge in [-0.2, -0.15) is 0 Å². The van der Waals surface area contributed by atoms with Gasteiger partial charge < -0.3 is 15.1 Å². The molecule has 20 heavy (non-hydrogen) atoms. The molecule has 4 heteroatoms. The average molecular weight is 298 g/mol. The number of benzene rings is 1. The van der Waals surface area contributed by atoms with Gasteiger partial charge in [-0.3, -0.25) is 0 Å². The summed E-state index contributed by atoms with van der Waals surface area (Å²) in [6.45, 7) is 6.19. The zero-order valence-electron chi connectivity index (χ0n) is 13.2. The van der Waals surface area contributed by atoms with Crippen LogP contribution in [0.25, 0.3) is 0 Å². The van der Waals surface area contributed by atoms with Crippen LogP contribution >= 0.6 is 11.6 Å². The zero-order valence-corrected chi connectivity index (χ0v) is 14.0. The first-order chi connectivity index (χ1) is 9.54. The van der Waals surface area contributed by atoms with Crippen molar-refractivity contribution in [3.05, 3.63) is 28.8 Å². The second-order valence-electron chi connectivity index (χ2n) is 5.53. The smallest absolute Gasteiger partial charge is 0.0471 e. The summed E-state index contributed by atoms with van der Waals surface area (Å²) in [7, 11) is 6.33. The Kier molecular flexibility index (Phi) is 7.97. The van der Waals surface area contributed by atoms with Gasteiger partial charge in [0.2, 0.25) is 0 Å². The molecule has 0 radical (unpaired) electrons. The standard InChI is InChI=1S/C16H28ClN3/c1-5-9-18-13-14-7-8-15(12-16(14)17)20(4)11-6-10-19(2)3/h7-8,12,18H,5-6,9-11,13H2,1-4H3. The molecule has 0 spiro atoms. The molecular formula is C16H28ClN3. The number of hydrogen-bond donors (Lipinski definition) is 1. The minimum atomic E-state index is 0.845. The van der Waals surface area contributed by atoms with Gasteiger partial charge in [0, 0.05) is 30.8 Å². The number of nitrogens with zero attached hydrogens (tertiary/aromatic N) is 2. The molecular weight excluding hydrogens is 270 g/mol. The predicted molar refractivity (Wildman–Crippen MR) is 89.9 cm³/mol. The van der Waals surface area contributed by atoms with Crippen LogP contribution in [0.15, 0.2) is 18.2 Å². The summed E-state index contributed by atoms with van der Waals surface area (Å²) in [4.78, 5) is 4.47. The molecule has 0 aliphatic carbocycles. The minimum absolute atomic E-state index is 0.845. The van der Waals surface area contributed by atoms with E-state index in [9.17, 15) is 0 Å². The zero-order chi connectivity index (χ0) is 15.0. The molecule has 0 aromatic heterocycles. The lowest BCUT2D eigenvalue weighted by Crippen LogP contribution is -2.23. The van der Waals surface area contributed by atoms with E-state index in [0.29, 0.717) is 0 Å². The quantitative estimate of drug-likeness (QED) is 0.706. The predicted octanol–water partition coefficient (Wildman–Crippen LogP) is 3.23. The van der Waals surface area contributed by atoms with Crippen LogP contribution in [0.5, 0.6) is 0 Å². The van der Waals surface area contributed by atoms with Crippen molar-refractivity contribution < 1.29 is 0 Å². The Morgan fingerprint density at radius 2 is 1.90 bits per heavy atom. The normalized spacial score (nSPS) is 11.1. The molecule has 1 aromatic carbocycles. The third kappa shape index (κ3) is 6.12. The third-order valence-electron chi connectivity index (χ3n) is 3.32. The van der Waals surface area contributed by atoms with Gasteiger partial charge in [-0.15, -0.1) is 0 Å². The van der Waals surface area contributed by atoms with Gasteiger partial charge in [-0.05, 0) is 57.7 Å². The summed E-state index contributed by atoms with van der Waals surface area (Å²) in [6.07, 6.45) is 2.30. The third-order valence-corrected chi connectivity index (χ3v) is 3.67. The van der Waals surface area contributed by atoms with E-state index < -0.39 is 0 Å². The molecule has 3 nitrogen and oxygen atoms in total. The number of nitrogens with one attached hydrogen (secondary N) is 1. The van der Waals surface area contributed by atoms with E-state index >= 15 is 0 Å². The molecule has 0 unspecified atom stereocenters. The van der Waals surface area contributed by atoms with Crippen molar-refractivity contribution in [3.63, 3.8) is 0 Å². The summed E-state index contributed by atoms with van der Waals surface area (Å²) >= 11 is 6.36. The van der Waals surface area contributed by atoms with Crippen LogP contribution in [0, 0.1) is 0 Å². The minimum Gasteiger partial charge on any atom is -0.375 e. The van der Waals surface area contributed by atoms with Gasteiger partial charge >= 0.3 is 0 Å². The highest BCUT2D eigenvalue weighted by molar-refractivity contribution is 6.31. The molecule has 0 heterocycles. The second-order valence-corrected chi connectivity index (χ2v) is 5.94. The first kappa shape index (κ1) is 17.3. The monoisotopic (exact) mass is 297 g/mol. The highest BCUT2D eigenvalue weighted by Crippen LogP contribution is 2.23. The molecule has 0 saturated carbocycles. The molecule has 0 fully saturated rings. The van der Waals surface area contributed by atoms with Crippen molar-refractivity contribution in [2.75, 3.05) is 45.7 Å². The SMILES string of the molecule is CCCNCc1ccc(N(C)CCCN(C)C)cc1Cl. The molecule has 0 bridgehead atoms. The van der Waals surface area contributed by atoms with Crippen molar-refractivity contribution in [2.24, 2.45) is 0 Å². The molecule has 0 amide bonds. The van der Waals surface area contributed by atoms with E-state index in [2.05, 4.69) is 61.4 Å². The molecule has 1 aromatic rings. The van der Waals surface area contributed by atoms with Crippen molar-refractivity contribution in [1.82, 2.24) is 10.2 Å². The highest BCUT2D eigenvalue weighted by Gasteiger charge is 2.05. The molecule has 0 aliphatic heterocycles. The molecule has 0 atom stereocenters.